The number of carbonyl (C=O) groups is 2. The fourth-order valence-electron chi connectivity index (χ4n) is 3.60. The van der Waals surface area contributed by atoms with Gasteiger partial charge in [-0.15, -0.1) is 0 Å². The maximum Gasteiger partial charge on any atom is 0.410 e. The number of amides is 2. The second-order valence-electron chi connectivity index (χ2n) is 8.87. The van der Waals surface area contributed by atoms with Crippen molar-refractivity contribution in [3.8, 4) is 11.1 Å². The highest BCUT2D eigenvalue weighted by molar-refractivity contribution is 5.79. The van der Waals surface area contributed by atoms with Crippen molar-refractivity contribution >= 4 is 12.2 Å². The zero-order valence-electron chi connectivity index (χ0n) is 18.6. The van der Waals surface area contributed by atoms with Crippen LogP contribution in [0.25, 0.3) is 11.1 Å². The van der Waals surface area contributed by atoms with Gasteiger partial charge in [0, 0.05) is 33.6 Å². The van der Waals surface area contributed by atoms with Crippen LogP contribution < -0.4 is 0 Å². The molecule has 6 heteroatoms. The molecule has 0 heterocycles. The molecule has 0 aromatic heterocycles. The first-order valence-electron chi connectivity index (χ1n) is 10.1. The van der Waals surface area contributed by atoms with Gasteiger partial charge in [0.2, 0.25) is 0 Å². The number of nitrogens with zero attached hydrogens (tertiary/aromatic N) is 2. The summed E-state index contributed by atoms with van der Waals surface area (Å²) in [6.45, 7) is 6.26. The molecule has 1 aliphatic rings. The van der Waals surface area contributed by atoms with Crippen LogP contribution in [-0.4, -0.2) is 55.3 Å². The normalized spacial score (nSPS) is 14.5. The smallest absolute Gasteiger partial charge is 0.410 e. The standard InChI is InChI=1S/C24H30N2O4/c1-24(2,3)30-23(28)26(6)14-16-11-12-19-17-9-7-8-10-18(17)21(20(19)13-16)15-29-22(27)25(4)5/h7-13,21H,14-15H2,1-6H3. The lowest BCUT2D eigenvalue weighted by Crippen LogP contribution is -2.33. The monoisotopic (exact) mass is 410 g/mol. The lowest BCUT2D eigenvalue weighted by molar-refractivity contribution is 0.0285. The summed E-state index contributed by atoms with van der Waals surface area (Å²) in [7, 11) is 5.07. The van der Waals surface area contributed by atoms with Gasteiger partial charge in [-0.25, -0.2) is 9.59 Å². The Hall–Kier alpha value is -3.02. The van der Waals surface area contributed by atoms with Crippen molar-refractivity contribution in [2.75, 3.05) is 27.7 Å². The van der Waals surface area contributed by atoms with E-state index in [1.165, 1.54) is 4.90 Å². The SMILES string of the molecule is CN(C)C(=O)OCC1c2ccccc2-c2ccc(CN(C)C(=O)OC(C)(C)C)cc21. The van der Waals surface area contributed by atoms with Crippen molar-refractivity contribution < 1.29 is 19.1 Å². The molecule has 1 unspecified atom stereocenters. The molecule has 0 saturated heterocycles. The van der Waals surface area contributed by atoms with Crippen LogP contribution in [-0.2, 0) is 16.0 Å². The van der Waals surface area contributed by atoms with Crippen molar-refractivity contribution in [1.29, 1.82) is 0 Å². The first-order valence-corrected chi connectivity index (χ1v) is 10.1. The number of hydrogen-bond acceptors (Lipinski definition) is 4. The van der Waals surface area contributed by atoms with Gasteiger partial charge in [-0.1, -0.05) is 42.5 Å². The summed E-state index contributed by atoms with van der Waals surface area (Å²) >= 11 is 0. The summed E-state index contributed by atoms with van der Waals surface area (Å²) in [5.41, 5.74) is 5.02. The van der Waals surface area contributed by atoms with Crippen molar-refractivity contribution in [2.24, 2.45) is 0 Å². The molecule has 2 aromatic carbocycles. The first kappa shape index (κ1) is 21.7. The topological polar surface area (TPSA) is 59.1 Å². The van der Waals surface area contributed by atoms with Gasteiger partial charge in [-0.05, 0) is 48.6 Å². The predicted octanol–water partition coefficient (Wildman–Crippen LogP) is 4.86. The van der Waals surface area contributed by atoms with Crippen molar-refractivity contribution in [1.82, 2.24) is 9.80 Å². The zero-order chi connectivity index (χ0) is 22.1. The average molecular weight is 411 g/mol. The van der Waals surface area contributed by atoms with Crippen LogP contribution in [0.4, 0.5) is 9.59 Å². The third-order valence-corrected chi connectivity index (χ3v) is 4.98. The molecule has 30 heavy (non-hydrogen) atoms. The number of ether oxygens (including phenoxy) is 2. The molecule has 6 nitrogen and oxygen atoms in total. The van der Waals surface area contributed by atoms with E-state index >= 15 is 0 Å². The predicted molar refractivity (Wildman–Crippen MR) is 116 cm³/mol. The number of fused-ring (bicyclic) bond motifs is 3. The van der Waals surface area contributed by atoms with Gasteiger partial charge in [-0.3, -0.25) is 0 Å². The Morgan fingerprint density at radius 3 is 2.27 bits per heavy atom. The lowest BCUT2D eigenvalue weighted by atomic mass is 9.96. The third-order valence-electron chi connectivity index (χ3n) is 4.98. The Bertz CT molecular complexity index is 946. The van der Waals surface area contributed by atoms with E-state index in [4.69, 9.17) is 9.47 Å². The summed E-state index contributed by atoms with van der Waals surface area (Å²) in [5, 5.41) is 0. The molecular formula is C24H30N2O4. The number of benzene rings is 2. The van der Waals surface area contributed by atoms with E-state index in [1.807, 2.05) is 39.0 Å². The molecule has 3 rings (SSSR count). The van der Waals surface area contributed by atoms with Crippen molar-refractivity contribution in [3.63, 3.8) is 0 Å². The largest absolute Gasteiger partial charge is 0.448 e. The van der Waals surface area contributed by atoms with E-state index in [-0.39, 0.29) is 24.7 Å². The van der Waals surface area contributed by atoms with Gasteiger partial charge in [0.25, 0.3) is 0 Å². The molecule has 0 fully saturated rings. The molecule has 2 amide bonds. The molecule has 0 saturated carbocycles. The quantitative estimate of drug-likeness (QED) is 0.722. The Kier molecular flexibility index (Phi) is 6.06. The maximum atomic E-state index is 12.3. The van der Waals surface area contributed by atoms with E-state index in [2.05, 4.69) is 24.3 Å². The summed E-state index contributed by atoms with van der Waals surface area (Å²) < 4.78 is 11.0. The molecular weight excluding hydrogens is 380 g/mol. The summed E-state index contributed by atoms with van der Waals surface area (Å²) in [6, 6.07) is 14.4. The van der Waals surface area contributed by atoms with Gasteiger partial charge in [0.1, 0.15) is 12.2 Å². The minimum absolute atomic E-state index is 0.0353. The van der Waals surface area contributed by atoms with Crippen molar-refractivity contribution in [3.05, 3.63) is 59.2 Å². The average Bonchev–Trinajstić information content (AvgIpc) is 2.97. The maximum absolute atomic E-state index is 12.3. The number of hydrogen-bond donors (Lipinski definition) is 0. The highest BCUT2D eigenvalue weighted by Gasteiger charge is 2.30. The molecule has 2 aromatic rings. The van der Waals surface area contributed by atoms with Crippen LogP contribution in [0, 0.1) is 0 Å². The third kappa shape index (κ3) is 4.75. The summed E-state index contributed by atoms with van der Waals surface area (Å²) in [6.07, 6.45) is -0.718. The van der Waals surface area contributed by atoms with E-state index < -0.39 is 5.60 Å². The first-order chi connectivity index (χ1) is 14.1. The number of rotatable bonds is 4. The minimum atomic E-state index is -0.535. The van der Waals surface area contributed by atoms with E-state index in [9.17, 15) is 9.59 Å². The van der Waals surface area contributed by atoms with Crippen LogP contribution >= 0.6 is 0 Å². The molecule has 160 valence electrons. The molecule has 1 atom stereocenters. The van der Waals surface area contributed by atoms with Gasteiger partial charge in [0.05, 0.1) is 0 Å². The van der Waals surface area contributed by atoms with Gasteiger partial charge in [-0.2, -0.15) is 0 Å². The van der Waals surface area contributed by atoms with Crippen LogP contribution in [0.15, 0.2) is 42.5 Å². The molecule has 1 aliphatic carbocycles. The lowest BCUT2D eigenvalue weighted by Gasteiger charge is -2.25. The van der Waals surface area contributed by atoms with Crippen LogP contribution in [0.2, 0.25) is 0 Å². The minimum Gasteiger partial charge on any atom is -0.448 e. The van der Waals surface area contributed by atoms with Crippen LogP contribution in [0.1, 0.15) is 43.4 Å². The van der Waals surface area contributed by atoms with Crippen molar-refractivity contribution in [2.45, 2.75) is 38.8 Å². The zero-order valence-corrected chi connectivity index (χ0v) is 18.6. The van der Waals surface area contributed by atoms with E-state index in [0.717, 1.165) is 27.8 Å². The second-order valence-corrected chi connectivity index (χ2v) is 8.87. The molecule has 0 N–H and O–H groups in total. The fraction of sp³-hybridized carbons (Fsp3) is 0.417. The molecule has 0 radical (unpaired) electrons. The van der Waals surface area contributed by atoms with Gasteiger partial charge in [0.15, 0.2) is 0 Å². The molecule has 0 aliphatic heterocycles. The van der Waals surface area contributed by atoms with E-state index in [0.29, 0.717) is 6.54 Å². The van der Waals surface area contributed by atoms with Crippen LogP contribution in [0.5, 0.6) is 0 Å². The Balaban J connectivity index is 1.84. The highest BCUT2D eigenvalue weighted by atomic mass is 16.6. The Morgan fingerprint density at radius 2 is 1.60 bits per heavy atom. The second kappa shape index (κ2) is 8.38. The molecule has 0 bridgehead atoms. The highest BCUT2D eigenvalue weighted by Crippen LogP contribution is 2.45. The Morgan fingerprint density at radius 1 is 0.933 bits per heavy atom. The summed E-state index contributed by atoms with van der Waals surface area (Å²) in [5.74, 6) is -0.0353. The fourth-order valence-corrected chi connectivity index (χ4v) is 3.60. The molecule has 0 spiro atoms. The summed E-state index contributed by atoms with van der Waals surface area (Å²) in [4.78, 5) is 27.3. The number of carbonyl (C=O) groups excluding carboxylic acids is 2. The van der Waals surface area contributed by atoms with Crippen LogP contribution in [0.3, 0.4) is 0 Å². The van der Waals surface area contributed by atoms with Gasteiger partial charge >= 0.3 is 12.2 Å². The van der Waals surface area contributed by atoms with E-state index in [1.54, 1.807) is 26.0 Å². The Labute approximate surface area is 178 Å². The van der Waals surface area contributed by atoms with Gasteiger partial charge < -0.3 is 19.3 Å².